The Bertz CT molecular complexity index is 962. The van der Waals surface area contributed by atoms with Crippen LogP contribution >= 0.6 is 0 Å². The third-order valence-electron chi connectivity index (χ3n) is 3.85. The minimum atomic E-state index is -0.642. The first-order valence-electron chi connectivity index (χ1n) is 6.70. The molecule has 0 aromatic heterocycles. The average Bonchev–Trinajstić information content (AvgIpc) is 2.53. The normalized spacial score (nSPS) is 11.4. The molecule has 0 aliphatic heterocycles. The van der Waals surface area contributed by atoms with E-state index >= 15 is 0 Å². The maximum Gasteiger partial charge on any atom is 0.499 e. The molecule has 21 heavy (non-hydrogen) atoms. The monoisotopic (exact) mass is 292 g/mol. The van der Waals surface area contributed by atoms with Gasteiger partial charge in [0.1, 0.15) is 5.75 Å². The van der Waals surface area contributed by atoms with Crippen molar-refractivity contribution in [1.29, 1.82) is 0 Å². The highest BCUT2D eigenvalue weighted by atomic mass is 28.2. The molecule has 0 amide bonds. The van der Waals surface area contributed by atoms with Crippen LogP contribution in [0.15, 0.2) is 54.6 Å². The van der Waals surface area contributed by atoms with E-state index in [1.165, 1.54) is 16.2 Å². The summed E-state index contributed by atoms with van der Waals surface area (Å²) >= 11 is 0. The van der Waals surface area contributed by atoms with Gasteiger partial charge in [-0.15, -0.1) is 0 Å². The second kappa shape index (κ2) is 4.46. The van der Waals surface area contributed by atoms with E-state index in [4.69, 9.17) is 9.16 Å². The summed E-state index contributed by atoms with van der Waals surface area (Å²) in [7, 11) is 0.323. The molecule has 0 saturated heterocycles. The summed E-state index contributed by atoms with van der Waals surface area (Å²) < 4.78 is 10.0. The van der Waals surface area contributed by atoms with Crippen LogP contribution in [0.25, 0.3) is 32.3 Å². The van der Waals surface area contributed by atoms with Crippen LogP contribution in [-0.4, -0.2) is 16.6 Å². The molecule has 102 valence electrons. The van der Waals surface area contributed by atoms with Gasteiger partial charge in [0.05, 0.1) is 0 Å². The SMILES string of the molecule is O=C(O[SiH3])Oc1ccc2ccc3cccc4ccc1c2c34. The third-order valence-corrected chi connectivity index (χ3v) is 4.18. The molecule has 0 saturated carbocycles. The van der Waals surface area contributed by atoms with E-state index in [9.17, 15) is 4.79 Å². The number of carbonyl (C=O) groups is 1. The van der Waals surface area contributed by atoms with E-state index in [-0.39, 0.29) is 0 Å². The fraction of sp³-hybridized carbons (Fsp3) is 0. The second-order valence-corrected chi connectivity index (χ2v) is 5.38. The third kappa shape index (κ3) is 1.76. The van der Waals surface area contributed by atoms with Crippen molar-refractivity contribution in [3.63, 3.8) is 0 Å². The Morgan fingerprint density at radius 3 is 2.14 bits per heavy atom. The molecule has 0 heterocycles. The molecule has 0 bridgehead atoms. The highest BCUT2D eigenvalue weighted by molar-refractivity contribution is 6.24. The molecule has 4 aromatic carbocycles. The number of rotatable bonds is 1. The van der Waals surface area contributed by atoms with Crippen LogP contribution in [0.2, 0.25) is 0 Å². The van der Waals surface area contributed by atoms with Gasteiger partial charge in [-0.25, -0.2) is 4.79 Å². The topological polar surface area (TPSA) is 35.5 Å². The van der Waals surface area contributed by atoms with Crippen LogP contribution in [0.3, 0.4) is 0 Å². The Morgan fingerprint density at radius 2 is 1.43 bits per heavy atom. The zero-order valence-corrected chi connectivity index (χ0v) is 13.4. The summed E-state index contributed by atoms with van der Waals surface area (Å²) in [6.07, 6.45) is -0.642. The van der Waals surface area contributed by atoms with Crippen molar-refractivity contribution in [3.05, 3.63) is 54.6 Å². The molecule has 0 atom stereocenters. The Balaban J connectivity index is 2.13. The molecule has 0 fully saturated rings. The van der Waals surface area contributed by atoms with Gasteiger partial charge in [-0.2, -0.15) is 0 Å². The maximum atomic E-state index is 11.4. The van der Waals surface area contributed by atoms with E-state index in [1.807, 2.05) is 18.2 Å². The smallest absolute Gasteiger partial charge is 0.498 e. The molecule has 3 nitrogen and oxygen atoms in total. The van der Waals surface area contributed by atoms with Gasteiger partial charge >= 0.3 is 6.16 Å². The van der Waals surface area contributed by atoms with Crippen molar-refractivity contribution in [2.75, 3.05) is 0 Å². The fourth-order valence-corrected chi connectivity index (χ4v) is 3.01. The van der Waals surface area contributed by atoms with Crippen molar-refractivity contribution < 1.29 is 14.0 Å². The van der Waals surface area contributed by atoms with Crippen molar-refractivity contribution >= 4 is 49.0 Å². The predicted molar refractivity (Wildman–Crippen MR) is 87.2 cm³/mol. The largest absolute Gasteiger partial charge is 0.499 e. The van der Waals surface area contributed by atoms with Crippen LogP contribution in [0.5, 0.6) is 5.75 Å². The van der Waals surface area contributed by atoms with Gasteiger partial charge in [-0.05, 0) is 33.7 Å². The number of benzene rings is 4. The lowest BCUT2D eigenvalue weighted by Gasteiger charge is -2.13. The number of carbonyl (C=O) groups excluding carboxylic acids is 1. The summed E-state index contributed by atoms with van der Waals surface area (Å²) in [5, 5.41) is 6.78. The zero-order chi connectivity index (χ0) is 14.4. The average molecular weight is 292 g/mol. The zero-order valence-electron chi connectivity index (χ0n) is 11.4. The lowest BCUT2D eigenvalue weighted by atomic mass is 9.94. The van der Waals surface area contributed by atoms with E-state index in [0.29, 0.717) is 16.2 Å². The summed E-state index contributed by atoms with van der Waals surface area (Å²) in [5.74, 6) is 0.543. The Hall–Kier alpha value is -2.59. The van der Waals surface area contributed by atoms with Crippen molar-refractivity contribution in [3.8, 4) is 5.75 Å². The number of ether oxygens (including phenoxy) is 1. The lowest BCUT2D eigenvalue weighted by Crippen LogP contribution is -2.08. The van der Waals surface area contributed by atoms with Gasteiger partial charge < -0.3 is 9.16 Å². The van der Waals surface area contributed by atoms with E-state index < -0.39 is 6.16 Å². The van der Waals surface area contributed by atoms with Crippen LogP contribution in [0, 0.1) is 0 Å². The van der Waals surface area contributed by atoms with E-state index in [1.54, 1.807) is 0 Å². The van der Waals surface area contributed by atoms with Gasteiger partial charge in [0.2, 0.25) is 10.5 Å². The first-order chi connectivity index (χ1) is 10.3. The number of hydrogen-bond acceptors (Lipinski definition) is 3. The van der Waals surface area contributed by atoms with Crippen molar-refractivity contribution in [2.24, 2.45) is 0 Å². The Kier molecular flexibility index (Phi) is 2.59. The van der Waals surface area contributed by atoms with Gasteiger partial charge in [-0.3, -0.25) is 0 Å². The highest BCUT2D eigenvalue weighted by Gasteiger charge is 2.13. The molecule has 0 aliphatic carbocycles. The molecule has 4 heteroatoms. The standard InChI is InChI=1S/C17H12O3Si/c18-17(20-21)19-14-9-7-12-5-4-10-2-1-3-11-6-8-13(14)16(12)15(10)11/h1-9H,21H3. The van der Waals surface area contributed by atoms with Crippen LogP contribution in [0.1, 0.15) is 0 Å². The molecule has 0 aliphatic rings. The summed E-state index contributed by atoms with van der Waals surface area (Å²) in [6, 6.07) is 18.3. The summed E-state index contributed by atoms with van der Waals surface area (Å²) in [6.45, 7) is 0. The molecule has 4 aromatic rings. The molecular formula is C17H12O3Si. The lowest BCUT2D eigenvalue weighted by molar-refractivity contribution is 0.156. The van der Waals surface area contributed by atoms with Gasteiger partial charge in [0.25, 0.3) is 0 Å². The van der Waals surface area contributed by atoms with Gasteiger partial charge in [0, 0.05) is 10.8 Å². The van der Waals surface area contributed by atoms with E-state index in [0.717, 1.165) is 16.2 Å². The van der Waals surface area contributed by atoms with Gasteiger partial charge in [0.15, 0.2) is 0 Å². The molecular weight excluding hydrogens is 280 g/mol. The first-order valence-corrected chi connectivity index (χ1v) is 7.52. The van der Waals surface area contributed by atoms with E-state index in [2.05, 4.69) is 36.4 Å². The quantitative estimate of drug-likeness (QED) is 0.233. The number of hydrogen-bond donors (Lipinski definition) is 0. The summed E-state index contributed by atoms with van der Waals surface area (Å²) in [4.78, 5) is 11.4. The van der Waals surface area contributed by atoms with Crippen LogP contribution in [-0.2, 0) is 4.43 Å². The molecule has 0 unspecified atom stereocenters. The second-order valence-electron chi connectivity index (χ2n) is 4.98. The Labute approximate surface area is 124 Å². The fourth-order valence-electron chi connectivity index (χ4n) is 2.93. The van der Waals surface area contributed by atoms with Crippen molar-refractivity contribution in [1.82, 2.24) is 0 Å². The van der Waals surface area contributed by atoms with Crippen LogP contribution in [0.4, 0.5) is 4.79 Å². The van der Waals surface area contributed by atoms with Crippen LogP contribution < -0.4 is 4.74 Å². The molecule has 0 spiro atoms. The minimum Gasteiger partial charge on any atom is -0.498 e. The van der Waals surface area contributed by atoms with Gasteiger partial charge in [-0.1, -0.05) is 42.5 Å². The molecule has 4 rings (SSSR count). The van der Waals surface area contributed by atoms with Crippen molar-refractivity contribution in [2.45, 2.75) is 0 Å². The minimum absolute atomic E-state index is 0.323. The molecule has 0 radical (unpaired) electrons. The Morgan fingerprint density at radius 1 is 0.810 bits per heavy atom. The molecule has 0 N–H and O–H groups in total. The predicted octanol–water partition coefficient (Wildman–Crippen LogP) is 3.38. The first kappa shape index (κ1) is 12.2. The maximum absolute atomic E-state index is 11.4. The highest BCUT2D eigenvalue weighted by Crippen LogP contribution is 2.38. The summed E-state index contributed by atoms with van der Waals surface area (Å²) in [5.41, 5.74) is 0.